The zero-order valence-electron chi connectivity index (χ0n) is 22.8. The van der Waals surface area contributed by atoms with Gasteiger partial charge in [0.25, 0.3) is 5.56 Å². The Morgan fingerprint density at radius 3 is 1.85 bits per heavy atom. The highest BCUT2D eigenvalue weighted by Gasteiger charge is 2.49. The third kappa shape index (κ3) is 5.31. The first-order chi connectivity index (χ1) is 20.1. The molecule has 8 nitrogen and oxygen atoms in total. The first kappa shape index (κ1) is 27.4. The molecule has 3 aromatic carbocycles. The van der Waals surface area contributed by atoms with Gasteiger partial charge in [-0.05, 0) is 42.6 Å². The Morgan fingerprint density at radius 1 is 0.805 bits per heavy atom. The quantitative estimate of drug-likeness (QED) is 0.324. The van der Waals surface area contributed by atoms with E-state index >= 15 is 0 Å². The monoisotopic (exact) mass is 553 g/mol. The highest BCUT2D eigenvalue weighted by Crippen LogP contribution is 2.42. The second-order valence-electron chi connectivity index (χ2n) is 10.8. The highest BCUT2D eigenvalue weighted by molar-refractivity contribution is 5.47. The van der Waals surface area contributed by atoms with E-state index in [4.69, 9.17) is 9.47 Å². The smallest absolute Gasteiger partial charge is 0.330 e. The van der Waals surface area contributed by atoms with Crippen LogP contribution in [-0.2, 0) is 15.1 Å². The number of hydrogen-bond donors (Lipinski definition) is 2. The minimum absolute atomic E-state index is 0.158. The standard InChI is InChI=1S/C33H35N3O5/c37-28-19-22-36(32(39)34-28)31-30(38)29(35-20-11-4-12-21-35)27(41-31)23-40-33(24-13-5-1-6-14-24,25-15-7-2-8-16-25)26-17-9-3-10-18-26/h1-3,5-10,13-19,22,27,29-31,38H,4,11-12,20-21,23H2,(H,34,37,39)/t27-,29-,30+,31-/m1/s1. The molecule has 0 bridgehead atoms. The van der Waals surface area contributed by atoms with Crippen LogP contribution in [0.1, 0.15) is 42.2 Å². The molecule has 0 unspecified atom stereocenters. The van der Waals surface area contributed by atoms with Crippen molar-refractivity contribution in [3.63, 3.8) is 0 Å². The SMILES string of the molecule is O=c1ccn([C@@H]2O[C@H](COC(c3ccccc3)(c3ccccc3)c3ccccc3)[C@@H](N3CCCCC3)[C@@H]2O)c(=O)[nH]1. The van der Waals surface area contributed by atoms with E-state index in [1.165, 1.54) is 16.8 Å². The van der Waals surface area contributed by atoms with Crippen molar-refractivity contribution in [2.24, 2.45) is 0 Å². The van der Waals surface area contributed by atoms with Crippen molar-refractivity contribution < 1.29 is 14.6 Å². The third-order valence-electron chi connectivity index (χ3n) is 8.28. The normalized spacial score (nSPS) is 23.4. The van der Waals surface area contributed by atoms with Crippen LogP contribution in [0.25, 0.3) is 0 Å². The van der Waals surface area contributed by atoms with Gasteiger partial charge >= 0.3 is 5.69 Å². The Morgan fingerprint density at radius 2 is 1.34 bits per heavy atom. The van der Waals surface area contributed by atoms with E-state index in [0.29, 0.717) is 0 Å². The van der Waals surface area contributed by atoms with E-state index in [0.717, 1.165) is 49.0 Å². The van der Waals surface area contributed by atoms with Crippen molar-refractivity contribution in [2.75, 3.05) is 19.7 Å². The molecule has 1 aromatic heterocycles. The number of piperidine rings is 1. The van der Waals surface area contributed by atoms with Gasteiger partial charge in [0.1, 0.15) is 17.8 Å². The number of aliphatic hydroxyl groups excluding tert-OH is 1. The number of likely N-dealkylation sites (tertiary alicyclic amines) is 1. The Kier molecular flexibility index (Phi) is 7.98. The molecule has 2 aliphatic heterocycles. The van der Waals surface area contributed by atoms with Gasteiger partial charge in [-0.3, -0.25) is 19.2 Å². The second-order valence-corrected chi connectivity index (χ2v) is 10.8. The number of aromatic amines is 1. The zero-order valence-corrected chi connectivity index (χ0v) is 22.8. The predicted octanol–water partition coefficient (Wildman–Crippen LogP) is 3.66. The van der Waals surface area contributed by atoms with Crippen LogP contribution in [0.2, 0.25) is 0 Å². The van der Waals surface area contributed by atoms with E-state index < -0.39 is 35.3 Å². The van der Waals surface area contributed by atoms with E-state index in [-0.39, 0.29) is 12.6 Å². The lowest BCUT2D eigenvalue weighted by Gasteiger charge is -2.39. The van der Waals surface area contributed by atoms with Gasteiger partial charge < -0.3 is 14.6 Å². The number of aromatic nitrogens is 2. The Balaban J connectivity index is 1.41. The molecule has 212 valence electrons. The van der Waals surface area contributed by atoms with Crippen LogP contribution >= 0.6 is 0 Å². The molecule has 2 aliphatic rings. The van der Waals surface area contributed by atoms with Crippen LogP contribution in [0, 0.1) is 0 Å². The minimum atomic E-state index is -0.995. The number of aliphatic hydroxyl groups is 1. The zero-order chi connectivity index (χ0) is 28.2. The van der Waals surface area contributed by atoms with Crippen molar-refractivity contribution in [3.8, 4) is 0 Å². The molecule has 0 radical (unpaired) electrons. The van der Waals surface area contributed by atoms with Gasteiger partial charge in [0.05, 0.1) is 12.6 Å². The van der Waals surface area contributed by atoms with Crippen LogP contribution in [0.3, 0.4) is 0 Å². The molecule has 2 fully saturated rings. The summed E-state index contributed by atoms with van der Waals surface area (Å²) < 4.78 is 14.8. The Labute approximate surface area is 238 Å². The first-order valence-corrected chi connectivity index (χ1v) is 14.3. The van der Waals surface area contributed by atoms with Crippen molar-refractivity contribution in [2.45, 2.75) is 49.3 Å². The number of nitrogens with zero attached hydrogens (tertiary/aromatic N) is 2. The van der Waals surface area contributed by atoms with Gasteiger partial charge in [0.2, 0.25) is 0 Å². The summed E-state index contributed by atoms with van der Waals surface area (Å²) in [6.45, 7) is 1.82. The number of rotatable bonds is 8. The van der Waals surface area contributed by atoms with Gasteiger partial charge in [-0.15, -0.1) is 0 Å². The summed E-state index contributed by atoms with van der Waals surface area (Å²) in [6, 6.07) is 31.2. The minimum Gasteiger partial charge on any atom is -0.387 e. The summed E-state index contributed by atoms with van der Waals surface area (Å²) in [6.07, 6.45) is 2.09. The fourth-order valence-electron chi connectivity index (χ4n) is 6.37. The van der Waals surface area contributed by atoms with E-state index in [2.05, 4.69) is 46.3 Å². The fourth-order valence-corrected chi connectivity index (χ4v) is 6.37. The summed E-state index contributed by atoms with van der Waals surface area (Å²) >= 11 is 0. The largest absolute Gasteiger partial charge is 0.387 e. The van der Waals surface area contributed by atoms with E-state index in [9.17, 15) is 14.7 Å². The van der Waals surface area contributed by atoms with Gasteiger partial charge in [-0.1, -0.05) is 97.4 Å². The van der Waals surface area contributed by atoms with Crippen molar-refractivity contribution in [3.05, 3.63) is 141 Å². The number of nitrogens with one attached hydrogen (secondary N) is 1. The summed E-state index contributed by atoms with van der Waals surface area (Å²) in [5.41, 5.74) is 0.853. The van der Waals surface area contributed by atoms with Gasteiger partial charge in [0, 0.05) is 12.3 Å². The molecule has 0 spiro atoms. The second kappa shape index (κ2) is 12.0. The van der Waals surface area contributed by atoms with Crippen LogP contribution in [0.5, 0.6) is 0 Å². The lowest BCUT2D eigenvalue weighted by Crippen LogP contribution is -2.51. The maximum atomic E-state index is 12.7. The third-order valence-corrected chi connectivity index (χ3v) is 8.28. The molecule has 4 aromatic rings. The van der Waals surface area contributed by atoms with Crippen LogP contribution in [-0.4, -0.2) is 57.5 Å². The predicted molar refractivity (Wildman–Crippen MR) is 156 cm³/mol. The molecular formula is C33H35N3O5. The van der Waals surface area contributed by atoms with Gasteiger partial charge in [-0.2, -0.15) is 0 Å². The van der Waals surface area contributed by atoms with Gasteiger partial charge in [0.15, 0.2) is 6.23 Å². The molecule has 2 N–H and O–H groups in total. The summed E-state index contributed by atoms with van der Waals surface area (Å²) in [7, 11) is 0. The molecule has 41 heavy (non-hydrogen) atoms. The van der Waals surface area contributed by atoms with E-state index in [1.54, 1.807) is 0 Å². The Hall–Kier alpha value is -3.82. The number of H-pyrrole nitrogens is 1. The summed E-state index contributed by atoms with van der Waals surface area (Å²) in [4.78, 5) is 29.0. The molecule has 0 saturated carbocycles. The first-order valence-electron chi connectivity index (χ1n) is 14.3. The van der Waals surface area contributed by atoms with Crippen molar-refractivity contribution >= 4 is 0 Å². The van der Waals surface area contributed by atoms with Crippen LogP contribution < -0.4 is 11.2 Å². The molecule has 3 heterocycles. The van der Waals surface area contributed by atoms with E-state index in [1.807, 2.05) is 54.6 Å². The maximum Gasteiger partial charge on any atom is 0.330 e. The average molecular weight is 554 g/mol. The van der Waals surface area contributed by atoms with Gasteiger partial charge in [-0.25, -0.2) is 4.79 Å². The number of benzene rings is 3. The maximum absolute atomic E-state index is 12.7. The molecule has 8 heteroatoms. The average Bonchev–Trinajstić information content (AvgIpc) is 3.35. The Bertz CT molecular complexity index is 1440. The molecular weight excluding hydrogens is 518 g/mol. The van der Waals surface area contributed by atoms with Crippen molar-refractivity contribution in [1.29, 1.82) is 0 Å². The fraction of sp³-hybridized carbons (Fsp3) is 0.333. The highest BCUT2D eigenvalue weighted by atomic mass is 16.6. The lowest BCUT2D eigenvalue weighted by atomic mass is 9.80. The van der Waals surface area contributed by atoms with Crippen LogP contribution in [0.15, 0.2) is 113 Å². The lowest BCUT2D eigenvalue weighted by molar-refractivity contribution is -0.0929. The molecule has 4 atom stereocenters. The topological polar surface area (TPSA) is 96.8 Å². The molecule has 2 saturated heterocycles. The summed E-state index contributed by atoms with van der Waals surface area (Å²) in [5, 5.41) is 11.6. The molecule has 0 amide bonds. The molecule has 0 aliphatic carbocycles. The summed E-state index contributed by atoms with van der Waals surface area (Å²) in [5.74, 6) is 0. The number of hydrogen-bond acceptors (Lipinski definition) is 6. The van der Waals surface area contributed by atoms with Crippen molar-refractivity contribution in [1.82, 2.24) is 14.5 Å². The van der Waals surface area contributed by atoms with Crippen LogP contribution in [0.4, 0.5) is 0 Å². The molecule has 6 rings (SSSR count). The number of ether oxygens (including phenoxy) is 2.